The first-order valence-electron chi connectivity index (χ1n) is 5.44. The summed E-state index contributed by atoms with van der Waals surface area (Å²) in [6.07, 6.45) is 0. The van der Waals surface area contributed by atoms with Gasteiger partial charge in [0.05, 0.1) is 12.2 Å². The van der Waals surface area contributed by atoms with Gasteiger partial charge in [-0.1, -0.05) is 0 Å². The van der Waals surface area contributed by atoms with Gasteiger partial charge in [-0.15, -0.1) is 0 Å². The second kappa shape index (κ2) is 5.64. The van der Waals surface area contributed by atoms with E-state index in [-0.39, 0.29) is 18.1 Å². The van der Waals surface area contributed by atoms with Crippen molar-refractivity contribution in [1.82, 2.24) is 9.80 Å². The van der Waals surface area contributed by atoms with Gasteiger partial charge in [0.25, 0.3) is 5.91 Å². The van der Waals surface area contributed by atoms with E-state index in [1.54, 1.807) is 0 Å². The van der Waals surface area contributed by atoms with E-state index in [1.807, 2.05) is 0 Å². The van der Waals surface area contributed by atoms with Crippen molar-refractivity contribution in [2.45, 2.75) is 0 Å². The maximum atomic E-state index is 13.7. The number of benzene rings is 1. The highest BCUT2D eigenvalue weighted by Gasteiger charge is 2.24. The number of carbonyl (C=O) groups excluding carboxylic acids is 2. The molecule has 0 aliphatic carbocycles. The molecule has 104 valence electrons. The molecule has 1 aromatic carbocycles. The first-order valence-corrected chi connectivity index (χ1v) is 5.44. The van der Waals surface area contributed by atoms with Gasteiger partial charge in [-0.25, -0.2) is 8.78 Å². The molecule has 1 aromatic rings. The van der Waals surface area contributed by atoms with E-state index in [2.05, 4.69) is 0 Å². The van der Waals surface area contributed by atoms with E-state index >= 15 is 0 Å². The average molecular weight is 271 g/mol. The molecular formula is C12H15F2N3O2. The predicted molar refractivity (Wildman–Crippen MR) is 66.4 cm³/mol. The summed E-state index contributed by atoms with van der Waals surface area (Å²) in [6, 6.07) is 1.94. The van der Waals surface area contributed by atoms with Gasteiger partial charge >= 0.3 is 0 Å². The Morgan fingerprint density at radius 3 is 2.32 bits per heavy atom. The first kappa shape index (κ1) is 14.9. The number of nitrogens with zero attached hydrogens (tertiary/aromatic N) is 2. The Bertz CT molecular complexity index is 518. The molecule has 2 N–H and O–H groups in total. The fraction of sp³-hybridized carbons (Fsp3) is 0.333. The van der Waals surface area contributed by atoms with Crippen LogP contribution in [0.1, 0.15) is 10.4 Å². The summed E-state index contributed by atoms with van der Waals surface area (Å²) in [7, 11) is 4.32. The summed E-state index contributed by atoms with van der Waals surface area (Å²) < 4.78 is 27.2. The lowest BCUT2D eigenvalue weighted by atomic mass is 10.1. The molecular weight excluding hydrogens is 256 g/mol. The normalized spacial score (nSPS) is 10.2. The molecule has 0 fully saturated rings. The number of hydrogen-bond donors (Lipinski definition) is 1. The number of likely N-dealkylation sites (N-methyl/N-ethyl adjacent to an activating group) is 2. The van der Waals surface area contributed by atoms with Crippen LogP contribution in [0.15, 0.2) is 12.1 Å². The van der Waals surface area contributed by atoms with Crippen molar-refractivity contribution in [2.24, 2.45) is 0 Å². The highest BCUT2D eigenvalue weighted by Crippen LogP contribution is 2.19. The van der Waals surface area contributed by atoms with Crippen LogP contribution in [0.2, 0.25) is 0 Å². The molecule has 0 saturated heterocycles. The fourth-order valence-electron chi connectivity index (χ4n) is 1.37. The Labute approximate surface area is 109 Å². The molecule has 0 aromatic heterocycles. The number of carbonyl (C=O) groups is 2. The van der Waals surface area contributed by atoms with E-state index < -0.39 is 23.1 Å². The van der Waals surface area contributed by atoms with Crippen LogP contribution in [0.3, 0.4) is 0 Å². The second-order valence-corrected chi connectivity index (χ2v) is 4.27. The van der Waals surface area contributed by atoms with Crippen LogP contribution in [0.5, 0.6) is 0 Å². The zero-order valence-corrected chi connectivity index (χ0v) is 10.9. The number of rotatable bonds is 3. The molecule has 0 unspecified atom stereocenters. The number of hydrogen-bond acceptors (Lipinski definition) is 3. The molecule has 0 heterocycles. The Morgan fingerprint density at radius 2 is 1.79 bits per heavy atom. The Morgan fingerprint density at radius 1 is 1.21 bits per heavy atom. The van der Waals surface area contributed by atoms with Crippen LogP contribution in [-0.4, -0.2) is 49.3 Å². The lowest BCUT2D eigenvalue weighted by Gasteiger charge is -2.20. The van der Waals surface area contributed by atoms with E-state index in [4.69, 9.17) is 5.73 Å². The smallest absolute Gasteiger partial charge is 0.260 e. The third-order valence-corrected chi connectivity index (χ3v) is 2.55. The van der Waals surface area contributed by atoms with Gasteiger partial charge in [0.1, 0.15) is 11.4 Å². The van der Waals surface area contributed by atoms with Gasteiger partial charge in [0.2, 0.25) is 5.91 Å². The molecule has 0 saturated carbocycles. The van der Waals surface area contributed by atoms with E-state index in [1.165, 1.54) is 26.0 Å². The first-order chi connectivity index (χ1) is 8.75. The number of nitrogens with two attached hydrogens (primary N) is 1. The topological polar surface area (TPSA) is 66.6 Å². The van der Waals surface area contributed by atoms with Crippen molar-refractivity contribution < 1.29 is 18.4 Å². The van der Waals surface area contributed by atoms with Crippen LogP contribution in [-0.2, 0) is 4.79 Å². The average Bonchev–Trinajstić information content (AvgIpc) is 2.33. The Kier molecular flexibility index (Phi) is 4.42. The Hall–Kier alpha value is -2.18. The fourth-order valence-corrected chi connectivity index (χ4v) is 1.37. The molecule has 2 amide bonds. The summed E-state index contributed by atoms with van der Waals surface area (Å²) in [5.74, 6) is -3.42. The van der Waals surface area contributed by atoms with Gasteiger partial charge < -0.3 is 15.5 Å². The molecule has 0 atom stereocenters. The van der Waals surface area contributed by atoms with Crippen LogP contribution in [0.4, 0.5) is 14.5 Å². The maximum absolute atomic E-state index is 13.7. The van der Waals surface area contributed by atoms with Crippen LogP contribution >= 0.6 is 0 Å². The molecule has 0 aliphatic heterocycles. The third-order valence-electron chi connectivity index (χ3n) is 2.55. The molecule has 0 bridgehead atoms. The highest BCUT2D eigenvalue weighted by atomic mass is 19.1. The standard InChI is InChI=1S/C12H15F2N3O2/c1-16(2)9(18)6-17(3)12(19)10-7(13)4-5-8(15)11(10)14/h4-5H,6,15H2,1-3H3. The lowest BCUT2D eigenvalue weighted by Crippen LogP contribution is -2.38. The molecule has 0 spiro atoms. The number of nitrogen functional groups attached to an aromatic ring is 1. The number of anilines is 1. The van der Waals surface area contributed by atoms with Crippen molar-refractivity contribution in [3.05, 3.63) is 29.3 Å². The molecule has 19 heavy (non-hydrogen) atoms. The minimum atomic E-state index is -1.12. The van der Waals surface area contributed by atoms with E-state index in [0.29, 0.717) is 0 Å². The lowest BCUT2D eigenvalue weighted by molar-refractivity contribution is -0.129. The number of amides is 2. The minimum absolute atomic E-state index is 0.278. The SMILES string of the molecule is CN(C)C(=O)CN(C)C(=O)c1c(F)ccc(N)c1F. The van der Waals surface area contributed by atoms with Gasteiger partial charge in [-0.3, -0.25) is 9.59 Å². The van der Waals surface area contributed by atoms with Crippen molar-refractivity contribution in [3.8, 4) is 0 Å². The molecule has 0 aliphatic rings. The van der Waals surface area contributed by atoms with Gasteiger partial charge in [0.15, 0.2) is 5.82 Å². The maximum Gasteiger partial charge on any atom is 0.260 e. The van der Waals surface area contributed by atoms with E-state index in [0.717, 1.165) is 17.0 Å². The predicted octanol–water partition coefficient (Wildman–Crippen LogP) is 0.707. The van der Waals surface area contributed by atoms with Gasteiger partial charge in [0, 0.05) is 21.1 Å². The van der Waals surface area contributed by atoms with E-state index in [9.17, 15) is 18.4 Å². The summed E-state index contributed by atoms with van der Waals surface area (Å²) >= 11 is 0. The molecule has 7 heteroatoms. The van der Waals surface area contributed by atoms with Crippen molar-refractivity contribution in [3.63, 3.8) is 0 Å². The van der Waals surface area contributed by atoms with Gasteiger partial charge in [-0.2, -0.15) is 0 Å². The number of halogens is 2. The summed E-state index contributed by atoms with van der Waals surface area (Å²) in [5, 5.41) is 0. The second-order valence-electron chi connectivity index (χ2n) is 4.27. The summed E-state index contributed by atoms with van der Waals surface area (Å²) in [4.78, 5) is 25.6. The Balaban J connectivity index is 3.01. The largest absolute Gasteiger partial charge is 0.396 e. The molecule has 1 rings (SSSR count). The summed E-state index contributed by atoms with van der Waals surface area (Å²) in [5.41, 5.74) is 4.21. The van der Waals surface area contributed by atoms with Crippen molar-refractivity contribution in [2.75, 3.05) is 33.4 Å². The van der Waals surface area contributed by atoms with Crippen molar-refractivity contribution in [1.29, 1.82) is 0 Å². The van der Waals surface area contributed by atoms with Crippen LogP contribution in [0.25, 0.3) is 0 Å². The third kappa shape index (κ3) is 3.18. The molecule has 5 nitrogen and oxygen atoms in total. The zero-order valence-electron chi connectivity index (χ0n) is 10.9. The molecule has 0 radical (unpaired) electrons. The quantitative estimate of drug-likeness (QED) is 0.823. The van der Waals surface area contributed by atoms with Crippen LogP contribution < -0.4 is 5.73 Å². The van der Waals surface area contributed by atoms with Crippen molar-refractivity contribution >= 4 is 17.5 Å². The minimum Gasteiger partial charge on any atom is -0.396 e. The summed E-state index contributed by atoms with van der Waals surface area (Å²) in [6.45, 7) is -0.278. The monoisotopic (exact) mass is 271 g/mol. The van der Waals surface area contributed by atoms with Crippen LogP contribution in [0, 0.1) is 11.6 Å². The zero-order chi connectivity index (χ0) is 14.7. The highest BCUT2D eigenvalue weighted by molar-refractivity contribution is 5.97. The van der Waals surface area contributed by atoms with Gasteiger partial charge in [-0.05, 0) is 12.1 Å².